The topological polar surface area (TPSA) is 20.3 Å². The van der Waals surface area contributed by atoms with E-state index in [1.165, 1.54) is 18.9 Å². The molecule has 1 heterocycles. The molecule has 0 N–H and O–H groups in total. The van der Waals surface area contributed by atoms with Crippen molar-refractivity contribution in [1.82, 2.24) is 0 Å². The third-order valence-electron chi connectivity index (χ3n) is 4.77. The first-order valence-electron chi connectivity index (χ1n) is 7.14. The summed E-state index contributed by atoms with van der Waals surface area (Å²) >= 11 is 0. The Morgan fingerprint density at radius 2 is 1.89 bits per heavy atom. The summed E-state index contributed by atoms with van der Waals surface area (Å²) in [4.78, 5) is 12.7. The fourth-order valence-electron chi connectivity index (χ4n) is 3.03. The molecule has 3 heteroatoms. The van der Waals surface area contributed by atoms with Crippen molar-refractivity contribution in [2.24, 2.45) is 5.41 Å². The third kappa shape index (κ3) is 2.80. The molecule has 0 spiro atoms. The van der Waals surface area contributed by atoms with Crippen LogP contribution in [-0.4, -0.2) is 19.4 Å². The zero-order chi connectivity index (χ0) is 13.9. The highest BCUT2D eigenvalue weighted by atomic mass is 19.1. The number of carbonyl (C=O) groups is 1. The number of hydrogen-bond donors (Lipinski definition) is 0. The minimum absolute atomic E-state index is 0.287. The SMILES string of the molecule is CCC1(CC)CCN(c2ccc(C=O)cc2F)CC1. The van der Waals surface area contributed by atoms with Crippen molar-refractivity contribution in [2.45, 2.75) is 39.5 Å². The van der Waals surface area contributed by atoms with E-state index in [1.54, 1.807) is 12.1 Å². The molecule has 104 valence electrons. The second-order valence-electron chi connectivity index (χ2n) is 5.52. The lowest BCUT2D eigenvalue weighted by Gasteiger charge is -2.42. The summed E-state index contributed by atoms with van der Waals surface area (Å²) in [6.07, 6.45) is 5.32. The number of anilines is 1. The second-order valence-corrected chi connectivity index (χ2v) is 5.52. The van der Waals surface area contributed by atoms with Gasteiger partial charge in [-0.2, -0.15) is 0 Å². The van der Waals surface area contributed by atoms with Crippen molar-refractivity contribution in [3.05, 3.63) is 29.6 Å². The molecule has 1 aromatic carbocycles. The lowest BCUT2D eigenvalue weighted by atomic mass is 9.74. The fraction of sp³-hybridized carbons (Fsp3) is 0.562. The van der Waals surface area contributed by atoms with Gasteiger partial charge >= 0.3 is 0 Å². The van der Waals surface area contributed by atoms with Crippen LogP contribution in [-0.2, 0) is 0 Å². The molecule has 2 rings (SSSR count). The summed E-state index contributed by atoms with van der Waals surface area (Å²) < 4.78 is 14.0. The molecule has 0 unspecified atom stereocenters. The zero-order valence-corrected chi connectivity index (χ0v) is 11.8. The molecule has 19 heavy (non-hydrogen) atoms. The number of piperidine rings is 1. The molecule has 0 radical (unpaired) electrons. The molecule has 0 amide bonds. The Balaban J connectivity index is 2.11. The molecule has 2 nitrogen and oxygen atoms in total. The Kier molecular flexibility index (Phi) is 4.23. The van der Waals surface area contributed by atoms with E-state index in [0.29, 0.717) is 23.0 Å². The maximum atomic E-state index is 14.0. The van der Waals surface area contributed by atoms with Crippen molar-refractivity contribution in [3.8, 4) is 0 Å². The van der Waals surface area contributed by atoms with Gasteiger partial charge in [0.2, 0.25) is 0 Å². The molecular formula is C16H22FNO. The van der Waals surface area contributed by atoms with Gasteiger partial charge in [0, 0.05) is 18.7 Å². The maximum absolute atomic E-state index is 14.0. The second kappa shape index (κ2) is 5.72. The van der Waals surface area contributed by atoms with Crippen LogP contribution in [0.3, 0.4) is 0 Å². The number of aldehydes is 1. The van der Waals surface area contributed by atoms with Crippen LogP contribution < -0.4 is 4.90 Å². The highest BCUT2D eigenvalue weighted by Gasteiger charge is 2.31. The van der Waals surface area contributed by atoms with Gasteiger partial charge in [0.05, 0.1) is 5.69 Å². The van der Waals surface area contributed by atoms with E-state index in [2.05, 4.69) is 18.7 Å². The highest BCUT2D eigenvalue weighted by molar-refractivity contribution is 5.76. The first kappa shape index (κ1) is 14.0. The van der Waals surface area contributed by atoms with E-state index in [1.807, 2.05) is 0 Å². The lowest BCUT2D eigenvalue weighted by Crippen LogP contribution is -2.40. The highest BCUT2D eigenvalue weighted by Crippen LogP contribution is 2.39. The summed E-state index contributed by atoms with van der Waals surface area (Å²) in [6, 6.07) is 4.74. The predicted octanol–water partition coefficient (Wildman–Crippen LogP) is 4.04. The standard InChI is InChI=1S/C16H22FNO/c1-3-16(4-2)7-9-18(10-8-16)15-6-5-13(12-19)11-14(15)17/h5-6,11-12H,3-4,7-10H2,1-2H3. The van der Waals surface area contributed by atoms with Gasteiger partial charge in [-0.3, -0.25) is 4.79 Å². The van der Waals surface area contributed by atoms with Crippen LogP contribution in [0.25, 0.3) is 0 Å². The average Bonchev–Trinajstić information content (AvgIpc) is 2.47. The molecule has 1 saturated heterocycles. The molecule has 0 aromatic heterocycles. The van der Waals surface area contributed by atoms with E-state index < -0.39 is 0 Å². The van der Waals surface area contributed by atoms with E-state index in [0.717, 1.165) is 25.9 Å². The van der Waals surface area contributed by atoms with Gasteiger partial charge in [-0.25, -0.2) is 4.39 Å². The van der Waals surface area contributed by atoms with Crippen molar-refractivity contribution in [1.29, 1.82) is 0 Å². The minimum atomic E-state index is -0.287. The van der Waals surface area contributed by atoms with Crippen LogP contribution in [0.1, 0.15) is 49.9 Å². The molecule has 1 fully saturated rings. The number of hydrogen-bond acceptors (Lipinski definition) is 2. The summed E-state index contributed by atoms with van der Waals surface area (Å²) in [5.41, 5.74) is 1.47. The largest absolute Gasteiger partial charge is 0.369 e. The third-order valence-corrected chi connectivity index (χ3v) is 4.77. The fourth-order valence-corrected chi connectivity index (χ4v) is 3.03. The van der Waals surface area contributed by atoms with Gasteiger partial charge in [-0.15, -0.1) is 0 Å². The monoisotopic (exact) mass is 263 g/mol. The van der Waals surface area contributed by atoms with Gasteiger partial charge in [-0.05, 0) is 36.5 Å². The van der Waals surface area contributed by atoms with Gasteiger partial charge in [-0.1, -0.05) is 26.7 Å². The van der Waals surface area contributed by atoms with Crippen molar-refractivity contribution in [3.63, 3.8) is 0 Å². The lowest BCUT2D eigenvalue weighted by molar-refractivity contribution is 0.112. The van der Waals surface area contributed by atoms with Crippen LogP contribution in [0.15, 0.2) is 18.2 Å². The van der Waals surface area contributed by atoms with Crippen molar-refractivity contribution < 1.29 is 9.18 Å². The normalized spacial score (nSPS) is 18.4. The Hall–Kier alpha value is -1.38. The first-order valence-corrected chi connectivity index (χ1v) is 7.14. The van der Waals surface area contributed by atoms with Gasteiger partial charge in [0.25, 0.3) is 0 Å². The molecule has 0 aliphatic carbocycles. The summed E-state index contributed by atoms with van der Waals surface area (Å²) in [6.45, 7) is 6.30. The van der Waals surface area contributed by atoms with Crippen LogP contribution in [0.2, 0.25) is 0 Å². The Labute approximate surface area is 114 Å². The molecule has 1 aromatic rings. The Bertz CT molecular complexity index is 444. The number of rotatable bonds is 4. The van der Waals surface area contributed by atoms with E-state index >= 15 is 0 Å². The summed E-state index contributed by atoms with van der Waals surface area (Å²) in [7, 11) is 0. The quantitative estimate of drug-likeness (QED) is 0.764. The van der Waals surface area contributed by atoms with Crippen LogP contribution >= 0.6 is 0 Å². The van der Waals surface area contributed by atoms with Gasteiger partial charge in [0.15, 0.2) is 0 Å². The van der Waals surface area contributed by atoms with Crippen LogP contribution in [0.5, 0.6) is 0 Å². The molecule has 1 aliphatic heterocycles. The van der Waals surface area contributed by atoms with Gasteiger partial charge in [0.1, 0.15) is 12.1 Å². The molecule has 0 bridgehead atoms. The summed E-state index contributed by atoms with van der Waals surface area (Å²) in [5.74, 6) is -0.287. The van der Waals surface area contributed by atoms with Crippen LogP contribution in [0, 0.1) is 11.2 Å². The number of carbonyl (C=O) groups excluding carboxylic acids is 1. The van der Waals surface area contributed by atoms with E-state index in [-0.39, 0.29) is 5.82 Å². The molecule has 0 saturated carbocycles. The van der Waals surface area contributed by atoms with Crippen molar-refractivity contribution >= 4 is 12.0 Å². The van der Waals surface area contributed by atoms with Gasteiger partial charge < -0.3 is 4.90 Å². The van der Waals surface area contributed by atoms with E-state index in [4.69, 9.17) is 0 Å². The number of benzene rings is 1. The Morgan fingerprint density at radius 1 is 1.26 bits per heavy atom. The van der Waals surface area contributed by atoms with Crippen LogP contribution in [0.4, 0.5) is 10.1 Å². The molecular weight excluding hydrogens is 241 g/mol. The number of halogens is 1. The Morgan fingerprint density at radius 3 is 2.37 bits per heavy atom. The number of nitrogens with zero attached hydrogens (tertiary/aromatic N) is 1. The first-order chi connectivity index (χ1) is 9.14. The van der Waals surface area contributed by atoms with Crippen molar-refractivity contribution in [2.75, 3.05) is 18.0 Å². The van der Waals surface area contributed by atoms with E-state index in [9.17, 15) is 9.18 Å². The minimum Gasteiger partial charge on any atom is -0.369 e. The zero-order valence-electron chi connectivity index (χ0n) is 11.8. The maximum Gasteiger partial charge on any atom is 0.150 e. The molecule has 0 atom stereocenters. The smallest absolute Gasteiger partial charge is 0.150 e. The average molecular weight is 263 g/mol. The molecule has 1 aliphatic rings. The summed E-state index contributed by atoms with van der Waals surface area (Å²) in [5, 5.41) is 0. The predicted molar refractivity (Wildman–Crippen MR) is 76.2 cm³/mol.